The average molecular weight is 239 g/mol. The maximum atomic E-state index is 11.3. The zero-order valence-corrected chi connectivity index (χ0v) is 9.62. The molecule has 90 valence electrons. The first-order valence-corrected chi connectivity index (χ1v) is 6.36. The quantitative estimate of drug-likeness (QED) is 0.557. The molecule has 15 heavy (non-hydrogen) atoms. The van der Waals surface area contributed by atoms with Crippen LogP contribution in [0.4, 0.5) is 0 Å². The summed E-state index contributed by atoms with van der Waals surface area (Å²) in [6, 6.07) is -1.48. The van der Waals surface area contributed by atoms with E-state index in [0.29, 0.717) is 12.8 Å². The fourth-order valence-corrected chi connectivity index (χ4v) is 2.41. The van der Waals surface area contributed by atoms with Crippen molar-refractivity contribution in [2.45, 2.75) is 38.8 Å². The minimum atomic E-state index is -3.62. The average Bonchev–Trinajstić information content (AvgIpc) is 2.10. The largest absolute Gasteiger partial charge is 0.480 e. The Morgan fingerprint density at radius 3 is 2.33 bits per heavy atom. The predicted octanol–water partition coefficient (Wildman–Crippen LogP) is -0.460. The first-order valence-electron chi connectivity index (χ1n) is 4.71. The Labute approximate surface area is 89.4 Å². The van der Waals surface area contributed by atoms with E-state index in [0.717, 1.165) is 0 Å². The van der Waals surface area contributed by atoms with E-state index in [-0.39, 0.29) is 5.75 Å². The summed E-state index contributed by atoms with van der Waals surface area (Å²) in [5, 5.41) is 17.7. The molecule has 0 unspecified atom stereocenters. The molecule has 3 N–H and O–H groups in total. The van der Waals surface area contributed by atoms with Gasteiger partial charge in [0.2, 0.25) is 10.0 Å². The Kier molecular flexibility index (Phi) is 5.77. The molecule has 0 aromatic heterocycles. The maximum Gasteiger partial charge on any atom is 0.324 e. The van der Waals surface area contributed by atoms with Crippen LogP contribution >= 0.6 is 0 Å². The van der Waals surface area contributed by atoms with Gasteiger partial charge in [-0.25, -0.2) is 8.42 Å². The molecule has 0 aromatic rings. The molecule has 0 radical (unpaired) electrons. The lowest BCUT2D eigenvalue weighted by Gasteiger charge is -2.16. The SMILES string of the molecule is CCCCS(=O)(=O)N[C@H](C(=O)O)[C@@H](C)O. The first-order chi connectivity index (χ1) is 6.80. The Hall–Kier alpha value is -0.660. The van der Waals surface area contributed by atoms with Crippen LogP contribution in [0.25, 0.3) is 0 Å². The van der Waals surface area contributed by atoms with Crippen molar-refractivity contribution in [3.63, 3.8) is 0 Å². The molecule has 0 aliphatic carbocycles. The minimum Gasteiger partial charge on any atom is -0.480 e. The number of rotatable bonds is 7. The van der Waals surface area contributed by atoms with Crippen LogP contribution in [0.3, 0.4) is 0 Å². The van der Waals surface area contributed by atoms with Crippen LogP contribution in [0.2, 0.25) is 0 Å². The summed E-state index contributed by atoms with van der Waals surface area (Å²) in [6.45, 7) is 3.06. The van der Waals surface area contributed by atoms with Crippen LogP contribution < -0.4 is 4.72 Å². The lowest BCUT2D eigenvalue weighted by Crippen LogP contribution is -2.48. The number of carboxylic acid groups (broad SMARTS) is 1. The maximum absolute atomic E-state index is 11.3. The van der Waals surface area contributed by atoms with Gasteiger partial charge in [-0.1, -0.05) is 13.3 Å². The number of carboxylic acids is 1. The second-order valence-corrected chi connectivity index (χ2v) is 5.22. The van der Waals surface area contributed by atoms with Crippen LogP contribution in [-0.4, -0.2) is 42.5 Å². The summed E-state index contributed by atoms with van der Waals surface area (Å²) in [5.41, 5.74) is 0. The van der Waals surface area contributed by atoms with Gasteiger partial charge in [0.1, 0.15) is 6.04 Å². The van der Waals surface area contributed by atoms with E-state index in [9.17, 15) is 13.2 Å². The summed E-state index contributed by atoms with van der Waals surface area (Å²) in [6.07, 6.45) is -0.103. The molecule has 7 heteroatoms. The van der Waals surface area contributed by atoms with Crippen LogP contribution in [-0.2, 0) is 14.8 Å². The van der Waals surface area contributed by atoms with Crippen molar-refractivity contribution in [1.29, 1.82) is 0 Å². The topological polar surface area (TPSA) is 104 Å². The Balaban J connectivity index is 4.46. The van der Waals surface area contributed by atoms with Gasteiger partial charge < -0.3 is 10.2 Å². The van der Waals surface area contributed by atoms with Crippen molar-refractivity contribution in [1.82, 2.24) is 4.72 Å². The number of sulfonamides is 1. The highest BCUT2D eigenvalue weighted by atomic mass is 32.2. The molecular formula is C8H17NO5S. The van der Waals surface area contributed by atoms with E-state index >= 15 is 0 Å². The number of aliphatic hydroxyl groups is 1. The summed E-state index contributed by atoms with van der Waals surface area (Å²) in [4.78, 5) is 10.6. The van der Waals surface area contributed by atoms with E-state index in [1.54, 1.807) is 0 Å². The van der Waals surface area contributed by atoms with Gasteiger partial charge in [0.15, 0.2) is 0 Å². The molecule has 6 nitrogen and oxygen atoms in total. The molecule has 0 aliphatic rings. The molecule has 0 amide bonds. The Morgan fingerprint density at radius 1 is 1.47 bits per heavy atom. The number of unbranched alkanes of at least 4 members (excludes halogenated alkanes) is 1. The van der Waals surface area contributed by atoms with Gasteiger partial charge >= 0.3 is 5.97 Å². The van der Waals surface area contributed by atoms with Crippen molar-refractivity contribution in [2.24, 2.45) is 0 Å². The van der Waals surface area contributed by atoms with E-state index in [1.807, 2.05) is 11.6 Å². The molecule has 0 heterocycles. The highest BCUT2D eigenvalue weighted by Crippen LogP contribution is 1.99. The van der Waals surface area contributed by atoms with Gasteiger partial charge in [-0.2, -0.15) is 4.72 Å². The van der Waals surface area contributed by atoms with Gasteiger partial charge in [0, 0.05) is 0 Å². The number of hydrogen-bond acceptors (Lipinski definition) is 4. The molecule has 0 rings (SSSR count). The third-order valence-corrected chi connectivity index (χ3v) is 3.26. The zero-order valence-electron chi connectivity index (χ0n) is 8.80. The van der Waals surface area contributed by atoms with Crippen molar-refractivity contribution < 1.29 is 23.4 Å². The highest BCUT2D eigenvalue weighted by molar-refractivity contribution is 7.89. The van der Waals surface area contributed by atoms with Gasteiger partial charge in [-0.3, -0.25) is 4.79 Å². The third kappa shape index (κ3) is 5.71. The van der Waals surface area contributed by atoms with Gasteiger partial charge in [-0.15, -0.1) is 0 Å². The standard InChI is InChI=1S/C8H17NO5S/c1-3-4-5-15(13,14)9-7(6(2)10)8(11)12/h6-7,9-10H,3-5H2,1-2H3,(H,11,12)/t6-,7+/m1/s1. The lowest BCUT2D eigenvalue weighted by atomic mass is 10.2. The fraction of sp³-hybridized carbons (Fsp3) is 0.875. The normalized spacial score (nSPS) is 15.9. The molecule has 0 fully saturated rings. The van der Waals surface area contributed by atoms with Crippen LogP contribution in [0, 0.1) is 0 Å². The molecule has 2 atom stereocenters. The molecule has 0 saturated heterocycles. The van der Waals surface area contributed by atoms with E-state index in [4.69, 9.17) is 10.2 Å². The second kappa shape index (κ2) is 6.04. The molecule has 0 spiro atoms. The molecule has 0 bridgehead atoms. The molecule has 0 saturated carbocycles. The third-order valence-electron chi connectivity index (χ3n) is 1.82. The number of nitrogens with one attached hydrogen (secondary N) is 1. The van der Waals surface area contributed by atoms with Crippen molar-refractivity contribution in [3.05, 3.63) is 0 Å². The van der Waals surface area contributed by atoms with Crippen LogP contribution in [0.5, 0.6) is 0 Å². The minimum absolute atomic E-state index is 0.125. The Bertz CT molecular complexity index is 298. The van der Waals surface area contributed by atoms with Gasteiger partial charge in [-0.05, 0) is 13.3 Å². The van der Waals surface area contributed by atoms with E-state index < -0.39 is 28.1 Å². The molecule has 0 aliphatic heterocycles. The summed E-state index contributed by atoms with van der Waals surface area (Å²) >= 11 is 0. The lowest BCUT2D eigenvalue weighted by molar-refractivity contribution is -0.141. The smallest absolute Gasteiger partial charge is 0.324 e. The summed E-state index contributed by atoms with van der Waals surface area (Å²) in [5.74, 6) is -1.51. The first kappa shape index (κ1) is 14.3. The van der Waals surface area contributed by atoms with E-state index in [2.05, 4.69) is 0 Å². The van der Waals surface area contributed by atoms with E-state index in [1.165, 1.54) is 6.92 Å². The van der Waals surface area contributed by atoms with Crippen molar-refractivity contribution >= 4 is 16.0 Å². The van der Waals surface area contributed by atoms with Crippen molar-refractivity contribution in [3.8, 4) is 0 Å². The molecule has 0 aromatic carbocycles. The van der Waals surface area contributed by atoms with Crippen LogP contribution in [0.1, 0.15) is 26.7 Å². The fourth-order valence-electron chi connectivity index (χ4n) is 0.942. The van der Waals surface area contributed by atoms with Gasteiger partial charge in [0.05, 0.1) is 11.9 Å². The monoisotopic (exact) mass is 239 g/mol. The van der Waals surface area contributed by atoms with Crippen LogP contribution in [0.15, 0.2) is 0 Å². The van der Waals surface area contributed by atoms with Crippen molar-refractivity contribution in [2.75, 3.05) is 5.75 Å². The second-order valence-electron chi connectivity index (χ2n) is 3.35. The number of aliphatic carboxylic acids is 1. The predicted molar refractivity (Wildman–Crippen MR) is 54.9 cm³/mol. The number of hydrogen-bond donors (Lipinski definition) is 3. The number of carbonyl (C=O) groups is 1. The summed E-state index contributed by atoms with van der Waals surface area (Å²) in [7, 11) is -3.62. The summed E-state index contributed by atoms with van der Waals surface area (Å²) < 4.78 is 24.6. The van der Waals surface area contributed by atoms with Gasteiger partial charge in [0.25, 0.3) is 0 Å². The zero-order chi connectivity index (χ0) is 12.1. The molecular weight excluding hydrogens is 222 g/mol. The Morgan fingerprint density at radius 2 is 2.00 bits per heavy atom. The highest BCUT2D eigenvalue weighted by Gasteiger charge is 2.27. The number of aliphatic hydroxyl groups excluding tert-OH is 1.